The summed E-state index contributed by atoms with van der Waals surface area (Å²) in [6.07, 6.45) is 0.419. The number of phenolic OH excluding ortho intramolecular Hbond substituents is 1. The van der Waals surface area contributed by atoms with Gasteiger partial charge < -0.3 is 9.84 Å². The average Bonchev–Trinajstić information content (AvgIpc) is 2.95. The Morgan fingerprint density at radius 3 is 2.88 bits per heavy atom. The third kappa shape index (κ3) is 4.78. The van der Waals surface area contributed by atoms with Gasteiger partial charge in [-0.25, -0.2) is 4.98 Å². The number of thiazole rings is 1. The van der Waals surface area contributed by atoms with Crippen LogP contribution in [0.25, 0.3) is 0 Å². The number of nitrogens with zero attached hydrogens (tertiary/aromatic N) is 2. The standard InChI is InChI=1S/C17H20BrN3O3S/c1-10-6-21(7-11(2)24-10)8-13-9-25-17(19-13)20-16(23)14-5-12(18)3-4-15(14)22/h3-5,9-11,22H,6-8H2,1-2H3,(H,19,20,23). The van der Waals surface area contributed by atoms with Crippen molar-refractivity contribution < 1.29 is 14.6 Å². The second kappa shape index (κ2) is 7.82. The second-order valence-electron chi connectivity index (χ2n) is 6.21. The highest BCUT2D eigenvalue weighted by atomic mass is 79.9. The molecule has 8 heteroatoms. The van der Waals surface area contributed by atoms with Crippen molar-refractivity contribution in [3.05, 3.63) is 39.3 Å². The van der Waals surface area contributed by atoms with E-state index in [-0.39, 0.29) is 29.4 Å². The van der Waals surface area contributed by atoms with E-state index in [0.717, 1.165) is 29.8 Å². The van der Waals surface area contributed by atoms with Gasteiger partial charge in [0.15, 0.2) is 5.13 Å². The maximum atomic E-state index is 12.3. The van der Waals surface area contributed by atoms with Crippen LogP contribution in [0.3, 0.4) is 0 Å². The molecule has 1 aromatic heterocycles. The molecule has 2 unspecified atom stereocenters. The van der Waals surface area contributed by atoms with Crippen molar-refractivity contribution in [2.75, 3.05) is 18.4 Å². The molecule has 1 aliphatic rings. The normalized spacial score (nSPS) is 21.2. The second-order valence-corrected chi connectivity index (χ2v) is 7.98. The molecule has 0 bridgehead atoms. The van der Waals surface area contributed by atoms with Gasteiger partial charge in [0.2, 0.25) is 0 Å². The van der Waals surface area contributed by atoms with Crippen LogP contribution in [0.2, 0.25) is 0 Å². The SMILES string of the molecule is CC1CN(Cc2csc(NC(=O)c3cc(Br)ccc3O)n2)CC(C)O1. The van der Waals surface area contributed by atoms with Crippen molar-refractivity contribution in [3.8, 4) is 5.75 Å². The van der Waals surface area contributed by atoms with Gasteiger partial charge in [-0.15, -0.1) is 11.3 Å². The van der Waals surface area contributed by atoms with Gasteiger partial charge in [0.05, 0.1) is 23.5 Å². The fourth-order valence-electron chi connectivity index (χ4n) is 2.93. The topological polar surface area (TPSA) is 74.7 Å². The monoisotopic (exact) mass is 425 g/mol. The van der Waals surface area contributed by atoms with Gasteiger partial charge in [0, 0.05) is 29.5 Å². The van der Waals surface area contributed by atoms with Gasteiger partial charge in [0.25, 0.3) is 5.91 Å². The fourth-order valence-corrected chi connectivity index (χ4v) is 3.99. The van der Waals surface area contributed by atoms with Crippen molar-refractivity contribution >= 4 is 38.3 Å². The van der Waals surface area contributed by atoms with E-state index >= 15 is 0 Å². The van der Waals surface area contributed by atoms with Crippen LogP contribution in [-0.4, -0.2) is 46.2 Å². The molecule has 134 valence electrons. The Morgan fingerprint density at radius 2 is 2.16 bits per heavy atom. The molecule has 0 saturated carbocycles. The fraction of sp³-hybridized carbons (Fsp3) is 0.412. The largest absolute Gasteiger partial charge is 0.507 e. The van der Waals surface area contributed by atoms with E-state index < -0.39 is 0 Å². The van der Waals surface area contributed by atoms with Gasteiger partial charge >= 0.3 is 0 Å². The minimum Gasteiger partial charge on any atom is -0.507 e. The first-order valence-electron chi connectivity index (χ1n) is 8.03. The summed E-state index contributed by atoms with van der Waals surface area (Å²) in [5.41, 5.74) is 1.13. The highest BCUT2D eigenvalue weighted by Gasteiger charge is 2.23. The van der Waals surface area contributed by atoms with Gasteiger partial charge in [0.1, 0.15) is 5.75 Å². The number of benzene rings is 1. The Hall–Kier alpha value is -1.48. The van der Waals surface area contributed by atoms with Crippen LogP contribution >= 0.6 is 27.3 Å². The number of hydrogen-bond donors (Lipinski definition) is 2. The summed E-state index contributed by atoms with van der Waals surface area (Å²) in [6, 6.07) is 4.74. The molecule has 0 spiro atoms. The number of phenols is 1. The van der Waals surface area contributed by atoms with E-state index in [1.807, 2.05) is 5.38 Å². The molecule has 1 fully saturated rings. The third-order valence-corrected chi connectivity index (χ3v) is 5.16. The Morgan fingerprint density at radius 1 is 1.44 bits per heavy atom. The van der Waals surface area contributed by atoms with E-state index in [1.165, 1.54) is 17.4 Å². The maximum Gasteiger partial charge on any atom is 0.261 e. The number of hydrogen-bond acceptors (Lipinski definition) is 6. The summed E-state index contributed by atoms with van der Waals surface area (Å²) in [6.45, 7) is 6.61. The molecule has 1 saturated heterocycles. The number of amides is 1. The summed E-state index contributed by atoms with van der Waals surface area (Å²) in [5, 5.41) is 15.1. The molecule has 2 atom stereocenters. The lowest BCUT2D eigenvalue weighted by atomic mass is 10.2. The zero-order valence-corrected chi connectivity index (χ0v) is 16.4. The number of ether oxygens (including phenoxy) is 1. The van der Waals surface area contributed by atoms with Gasteiger partial charge in [-0.2, -0.15) is 0 Å². The van der Waals surface area contributed by atoms with Crippen LogP contribution in [-0.2, 0) is 11.3 Å². The molecule has 1 amide bonds. The van der Waals surface area contributed by atoms with Crippen LogP contribution in [0.5, 0.6) is 5.75 Å². The maximum absolute atomic E-state index is 12.3. The Kier molecular flexibility index (Phi) is 5.73. The Labute approximate surface area is 159 Å². The number of halogens is 1. The Bertz CT molecular complexity index is 757. The average molecular weight is 426 g/mol. The quantitative estimate of drug-likeness (QED) is 0.783. The zero-order valence-electron chi connectivity index (χ0n) is 14.0. The third-order valence-electron chi connectivity index (χ3n) is 3.86. The van der Waals surface area contributed by atoms with Crippen molar-refractivity contribution in [1.82, 2.24) is 9.88 Å². The molecule has 3 rings (SSSR count). The van der Waals surface area contributed by atoms with Crippen molar-refractivity contribution in [2.45, 2.75) is 32.6 Å². The number of anilines is 1. The van der Waals surface area contributed by atoms with Gasteiger partial charge in [-0.3, -0.25) is 15.0 Å². The van der Waals surface area contributed by atoms with E-state index in [4.69, 9.17) is 4.74 Å². The van der Waals surface area contributed by atoms with Crippen molar-refractivity contribution in [3.63, 3.8) is 0 Å². The van der Waals surface area contributed by atoms with Gasteiger partial charge in [-0.1, -0.05) is 15.9 Å². The molecule has 2 aromatic rings. The Balaban J connectivity index is 1.63. The first-order chi connectivity index (χ1) is 11.9. The molecule has 0 radical (unpaired) electrons. The molecule has 1 aliphatic heterocycles. The van der Waals surface area contributed by atoms with E-state index in [9.17, 15) is 9.90 Å². The molecule has 1 aromatic carbocycles. The molecular weight excluding hydrogens is 406 g/mol. The molecule has 6 nitrogen and oxygen atoms in total. The van der Waals surface area contributed by atoms with Crippen molar-refractivity contribution in [1.29, 1.82) is 0 Å². The molecule has 2 N–H and O–H groups in total. The molecule has 0 aliphatic carbocycles. The number of nitrogens with one attached hydrogen (secondary N) is 1. The summed E-state index contributed by atoms with van der Waals surface area (Å²) >= 11 is 4.68. The number of carbonyl (C=O) groups excluding carboxylic acids is 1. The van der Waals surface area contributed by atoms with Gasteiger partial charge in [-0.05, 0) is 32.0 Å². The minimum atomic E-state index is -0.381. The minimum absolute atomic E-state index is 0.0613. The zero-order chi connectivity index (χ0) is 18.0. The highest BCUT2D eigenvalue weighted by molar-refractivity contribution is 9.10. The lowest BCUT2D eigenvalue weighted by Crippen LogP contribution is -2.44. The van der Waals surface area contributed by atoms with Crippen LogP contribution in [0, 0.1) is 0 Å². The predicted molar refractivity (Wildman–Crippen MR) is 101 cm³/mol. The van der Waals surface area contributed by atoms with E-state index in [1.54, 1.807) is 12.1 Å². The summed E-state index contributed by atoms with van der Waals surface area (Å²) in [4.78, 5) is 19.1. The molecular formula is C17H20BrN3O3S. The number of aromatic nitrogens is 1. The van der Waals surface area contributed by atoms with Crippen molar-refractivity contribution in [2.24, 2.45) is 0 Å². The summed E-state index contributed by atoms with van der Waals surface area (Å²) in [5.74, 6) is -0.443. The number of morpholine rings is 1. The predicted octanol–water partition coefficient (Wildman–Crippen LogP) is 3.47. The highest BCUT2D eigenvalue weighted by Crippen LogP contribution is 2.24. The number of carbonyl (C=O) groups is 1. The number of aromatic hydroxyl groups is 1. The van der Waals surface area contributed by atoms with Crippen LogP contribution in [0.4, 0.5) is 5.13 Å². The first kappa shape index (κ1) is 18.3. The van der Waals surface area contributed by atoms with Crippen LogP contribution < -0.4 is 5.32 Å². The smallest absolute Gasteiger partial charge is 0.261 e. The first-order valence-corrected chi connectivity index (χ1v) is 9.70. The lowest BCUT2D eigenvalue weighted by molar-refractivity contribution is -0.0707. The van der Waals surface area contributed by atoms with Crippen LogP contribution in [0.1, 0.15) is 29.9 Å². The summed E-state index contributed by atoms with van der Waals surface area (Å²) in [7, 11) is 0. The van der Waals surface area contributed by atoms with E-state index in [2.05, 4.69) is 45.0 Å². The van der Waals surface area contributed by atoms with Crippen LogP contribution in [0.15, 0.2) is 28.1 Å². The molecule has 25 heavy (non-hydrogen) atoms. The number of rotatable bonds is 4. The van der Waals surface area contributed by atoms with E-state index in [0.29, 0.717) is 5.13 Å². The lowest BCUT2D eigenvalue weighted by Gasteiger charge is -2.34. The molecule has 2 heterocycles. The summed E-state index contributed by atoms with van der Waals surface area (Å²) < 4.78 is 6.47.